The number of amidine groups is 1. The third kappa shape index (κ3) is 3.93. The average Bonchev–Trinajstić information content (AvgIpc) is 2.20. The van der Waals surface area contributed by atoms with Gasteiger partial charge in [0.1, 0.15) is 4.60 Å². The number of nitrogens with one attached hydrogen (secondary N) is 1. The highest BCUT2D eigenvalue weighted by Gasteiger charge is 2.11. The van der Waals surface area contributed by atoms with Crippen molar-refractivity contribution in [2.45, 2.75) is 6.54 Å². The predicted octanol–water partition coefficient (Wildman–Crippen LogP) is 1.53. The van der Waals surface area contributed by atoms with Crippen molar-refractivity contribution in [3.8, 4) is 0 Å². The zero-order valence-corrected chi connectivity index (χ0v) is 10.3. The maximum atomic E-state index is 10.2. The van der Waals surface area contributed by atoms with Crippen molar-refractivity contribution in [2.75, 3.05) is 13.6 Å². The molecule has 0 saturated heterocycles. The molecular formula is C9H11BrN4O2. The molecule has 1 heterocycles. The van der Waals surface area contributed by atoms with Crippen LogP contribution in [0, 0.1) is 15.5 Å². The number of halogens is 1. The molecule has 6 nitrogen and oxygen atoms in total. The van der Waals surface area contributed by atoms with Gasteiger partial charge >= 0.3 is 0 Å². The van der Waals surface area contributed by atoms with Crippen molar-refractivity contribution in [1.29, 1.82) is 5.41 Å². The Morgan fingerprint density at radius 1 is 1.69 bits per heavy atom. The Morgan fingerprint density at radius 3 is 2.88 bits per heavy atom. The molecule has 16 heavy (non-hydrogen) atoms. The lowest BCUT2D eigenvalue weighted by molar-refractivity contribution is -0.464. The van der Waals surface area contributed by atoms with Crippen LogP contribution in [0.5, 0.6) is 0 Å². The maximum absolute atomic E-state index is 10.2. The van der Waals surface area contributed by atoms with Gasteiger partial charge in [-0.2, -0.15) is 0 Å². The summed E-state index contributed by atoms with van der Waals surface area (Å²) in [4.78, 5) is 15.3. The van der Waals surface area contributed by atoms with Gasteiger partial charge in [0.15, 0.2) is 5.84 Å². The van der Waals surface area contributed by atoms with Gasteiger partial charge in [0.2, 0.25) is 0 Å². The van der Waals surface area contributed by atoms with Gasteiger partial charge in [-0.1, -0.05) is 6.07 Å². The van der Waals surface area contributed by atoms with Gasteiger partial charge in [0.25, 0.3) is 6.54 Å². The molecule has 0 spiro atoms. The minimum atomic E-state index is -0.515. The minimum absolute atomic E-state index is 0.0204. The van der Waals surface area contributed by atoms with Crippen LogP contribution in [0.25, 0.3) is 0 Å². The first kappa shape index (κ1) is 12.6. The van der Waals surface area contributed by atoms with Gasteiger partial charge in [0, 0.05) is 24.7 Å². The lowest BCUT2D eigenvalue weighted by Gasteiger charge is -2.17. The summed E-state index contributed by atoms with van der Waals surface area (Å²) in [6, 6.07) is 3.65. The van der Waals surface area contributed by atoms with E-state index in [1.54, 1.807) is 19.3 Å². The van der Waals surface area contributed by atoms with Crippen LogP contribution < -0.4 is 0 Å². The maximum Gasteiger partial charge on any atom is 0.259 e. The molecule has 7 heteroatoms. The van der Waals surface area contributed by atoms with Crippen molar-refractivity contribution in [3.05, 3.63) is 38.6 Å². The number of likely N-dealkylation sites (N-methyl/N-ethyl adjacent to an activating group) is 1. The first-order chi connectivity index (χ1) is 7.49. The molecule has 0 amide bonds. The summed E-state index contributed by atoms with van der Waals surface area (Å²) in [6.07, 6.45) is 1.67. The van der Waals surface area contributed by atoms with E-state index in [-0.39, 0.29) is 5.84 Å². The van der Waals surface area contributed by atoms with Gasteiger partial charge in [-0.3, -0.25) is 15.5 Å². The van der Waals surface area contributed by atoms with Crippen LogP contribution in [0.15, 0.2) is 22.9 Å². The molecule has 0 aliphatic rings. The van der Waals surface area contributed by atoms with Gasteiger partial charge < -0.3 is 4.90 Å². The number of nitro groups is 1. The Kier molecular flexibility index (Phi) is 4.36. The van der Waals surface area contributed by atoms with E-state index in [9.17, 15) is 10.1 Å². The Bertz CT molecular complexity index is 393. The molecule has 0 saturated carbocycles. The molecule has 0 aliphatic carbocycles. The van der Waals surface area contributed by atoms with Crippen molar-refractivity contribution in [1.82, 2.24) is 9.88 Å². The van der Waals surface area contributed by atoms with Crippen LogP contribution in [0.2, 0.25) is 0 Å². The van der Waals surface area contributed by atoms with Crippen LogP contribution in [0.4, 0.5) is 0 Å². The van der Waals surface area contributed by atoms with Crippen LogP contribution >= 0.6 is 15.9 Å². The van der Waals surface area contributed by atoms with Crippen molar-refractivity contribution < 1.29 is 4.92 Å². The van der Waals surface area contributed by atoms with Gasteiger partial charge in [-0.15, -0.1) is 0 Å². The smallest absolute Gasteiger partial charge is 0.259 e. The summed E-state index contributed by atoms with van der Waals surface area (Å²) in [5.41, 5.74) is 0.902. The molecule has 0 unspecified atom stereocenters. The van der Waals surface area contributed by atoms with Gasteiger partial charge in [-0.05, 0) is 27.6 Å². The topological polar surface area (TPSA) is 83.1 Å². The fraction of sp³-hybridized carbons (Fsp3) is 0.333. The van der Waals surface area contributed by atoms with E-state index in [4.69, 9.17) is 5.41 Å². The van der Waals surface area contributed by atoms with E-state index in [2.05, 4.69) is 20.9 Å². The molecule has 0 atom stereocenters. The fourth-order valence-electron chi connectivity index (χ4n) is 1.11. The van der Waals surface area contributed by atoms with Gasteiger partial charge in [-0.25, -0.2) is 4.98 Å². The van der Waals surface area contributed by atoms with Crippen LogP contribution in [-0.2, 0) is 6.54 Å². The summed E-state index contributed by atoms with van der Waals surface area (Å²) in [7, 11) is 1.65. The Labute approximate surface area is 101 Å². The highest BCUT2D eigenvalue weighted by atomic mass is 79.9. The minimum Gasteiger partial charge on any atom is -0.354 e. The van der Waals surface area contributed by atoms with Crippen molar-refractivity contribution in [3.63, 3.8) is 0 Å². The first-order valence-electron chi connectivity index (χ1n) is 4.50. The summed E-state index contributed by atoms with van der Waals surface area (Å²) in [6.45, 7) is -0.0204. The third-order valence-corrected chi connectivity index (χ3v) is 2.42. The monoisotopic (exact) mass is 286 g/mol. The van der Waals surface area contributed by atoms with E-state index >= 15 is 0 Å². The molecule has 1 rings (SSSR count). The molecule has 0 radical (unpaired) electrons. The largest absolute Gasteiger partial charge is 0.354 e. The third-order valence-electron chi connectivity index (χ3n) is 1.95. The van der Waals surface area contributed by atoms with Crippen LogP contribution in [-0.4, -0.2) is 34.2 Å². The zero-order chi connectivity index (χ0) is 12.1. The lowest BCUT2D eigenvalue weighted by atomic mass is 10.2. The van der Waals surface area contributed by atoms with E-state index in [1.165, 1.54) is 4.90 Å². The molecular weight excluding hydrogens is 276 g/mol. The zero-order valence-electron chi connectivity index (χ0n) is 8.68. The second kappa shape index (κ2) is 5.55. The quantitative estimate of drug-likeness (QED) is 0.299. The molecule has 0 aromatic carbocycles. The number of aromatic nitrogens is 1. The number of hydrogen-bond donors (Lipinski definition) is 1. The number of nitrogens with zero attached hydrogens (tertiary/aromatic N) is 3. The number of rotatable bonds is 4. The molecule has 0 bridgehead atoms. The molecule has 0 fully saturated rings. The number of pyridine rings is 1. The second-order valence-electron chi connectivity index (χ2n) is 3.28. The van der Waals surface area contributed by atoms with E-state index in [1.807, 2.05) is 6.07 Å². The van der Waals surface area contributed by atoms with E-state index in [0.29, 0.717) is 6.54 Å². The van der Waals surface area contributed by atoms with Crippen molar-refractivity contribution >= 4 is 21.8 Å². The second-order valence-corrected chi connectivity index (χ2v) is 4.10. The Balaban J connectivity index is 2.57. The Morgan fingerprint density at radius 2 is 2.38 bits per heavy atom. The highest BCUT2D eigenvalue weighted by Crippen LogP contribution is 2.08. The molecule has 1 aromatic rings. The molecule has 86 valence electrons. The summed E-state index contributed by atoms with van der Waals surface area (Å²) in [5, 5.41) is 17.7. The average molecular weight is 287 g/mol. The predicted molar refractivity (Wildman–Crippen MR) is 63.0 cm³/mol. The molecule has 1 aromatic heterocycles. The van der Waals surface area contributed by atoms with E-state index < -0.39 is 11.5 Å². The van der Waals surface area contributed by atoms with Crippen LogP contribution in [0.1, 0.15) is 5.56 Å². The summed E-state index contributed by atoms with van der Waals surface area (Å²) in [5.74, 6) is -0.0204. The first-order valence-corrected chi connectivity index (χ1v) is 5.29. The summed E-state index contributed by atoms with van der Waals surface area (Å²) < 4.78 is 0.735. The molecule has 1 N–H and O–H groups in total. The SMILES string of the molecule is CN(Cc1ccc(Br)nc1)C(=N)C[N+](=O)[O-]. The Hall–Kier alpha value is -1.50. The summed E-state index contributed by atoms with van der Waals surface area (Å²) >= 11 is 3.22. The molecule has 0 aliphatic heterocycles. The van der Waals surface area contributed by atoms with Crippen molar-refractivity contribution in [2.24, 2.45) is 0 Å². The number of hydrogen-bond acceptors (Lipinski definition) is 4. The van der Waals surface area contributed by atoms with Crippen LogP contribution in [0.3, 0.4) is 0 Å². The van der Waals surface area contributed by atoms with Gasteiger partial charge in [0.05, 0.1) is 0 Å². The normalized spacial score (nSPS) is 9.88. The van der Waals surface area contributed by atoms with E-state index in [0.717, 1.165) is 10.2 Å². The lowest BCUT2D eigenvalue weighted by Crippen LogP contribution is -2.31. The fourth-order valence-corrected chi connectivity index (χ4v) is 1.35. The standard InChI is InChI=1S/C9H11BrN4O2/c1-13(9(11)6-14(15)16)5-7-2-3-8(10)12-4-7/h2-4,11H,5-6H2,1H3. The highest BCUT2D eigenvalue weighted by molar-refractivity contribution is 9.10.